The Bertz CT molecular complexity index is 1010. The van der Waals surface area contributed by atoms with E-state index in [1.54, 1.807) is 14.2 Å². The van der Waals surface area contributed by atoms with Crippen LogP contribution in [0.25, 0.3) is 0 Å². The zero-order valence-electron chi connectivity index (χ0n) is 16.9. The molecule has 0 aliphatic rings. The second-order valence-electron chi connectivity index (χ2n) is 6.54. The van der Waals surface area contributed by atoms with Gasteiger partial charge in [-0.3, -0.25) is 0 Å². The lowest BCUT2D eigenvalue weighted by molar-refractivity contribution is 0.414. The van der Waals surface area contributed by atoms with Crippen molar-refractivity contribution in [3.8, 4) is 23.0 Å². The van der Waals surface area contributed by atoms with Gasteiger partial charge in [-0.2, -0.15) is 0 Å². The highest BCUT2D eigenvalue weighted by Crippen LogP contribution is 2.34. The van der Waals surface area contributed by atoms with Crippen molar-refractivity contribution >= 4 is 10.9 Å². The van der Waals surface area contributed by atoms with Crippen LogP contribution in [-0.2, 0) is 10.9 Å². The minimum absolute atomic E-state index is 0.257. The summed E-state index contributed by atoms with van der Waals surface area (Å²) in [7, 11) is 3.11. The molecule has 3 nitrogen and oxygen atoms in total. The van der Waals surface area contributed by atoms with E-state index in [2.05, 4.69) is 36.4 Å². The average molecular weight is 416 g/mol. The molecule has 0 aromatic heterocycles. The summed E-state index contributed by atoms with van der Waals surface area (Å²) >= 11 is 0. The minimum atomic E-state index is -0.257. The fourth-order valence-corrected chi connectivity index (χ4v) is 5.14. The van der Waals surface area contributed by atoms with Crippen LogP contribution >= 0.6 is 0 Å². The van der Waals surface area contributed by atoms with Crippen LogP contribution in [0.4, 0.5) is 0 Å². The SMILES string of the molecule is COc1ccc([S+](c2ccc(OC)cc2)c2ccc(Oc3ccccc3)cc2)cc1. The first-order valence-corrected chi connectivity index (χ1v) is 10.8. The summed E-state index contributed by atoms with van der Waals surface area (Å²) in [6.07, 6.45) is 0. The maximum absolute atomic E-state index is 5.96. The first-order valence-electron chi connectivity index (χ1n) is 9.62. The molecule has 0 bridgehead atoms. The van der Waals surface area contributed by atoms with Gasteiger partial charge in [0.2, 0.25) is 0 Å². The van der Waals surface area contributed by atoms with Gasteiger partial charge in [0.1, 0.15) is 23.0 Å². The molecule has 0 aliphatic heterocycles. The van der Waals surface area contributed by atoms with Crippen LogP contribution in [0.5, 0.6) is 23.0 Å². The third kappa shape index (κ3) is 4.61. The highest BCUT2D eigenvalue weighted by molar-refractivity contribution is 7.97. The zero-order chi connectivity index (χ0) is 20.8. The van der Waals surface area contributed by atoms with E-state index in [-0.39, 0.29) is 10.9 Å². The molecule has 4 heteroatoms. The molecule has 0 amide bonds. The predicted octanol–water partition coefficient (Wildman–Crippen LogP) is 6.59. The second kappa shape index (κ2) is 9.42. The van der Waals surface area contributed by atoms with Crippen LogP contribution in [-0.4, -0.2) is 14.2 Å². The molecule has 4 rings (SSSR count). The van der Waals surface area contributed by atoms with Gasteiger partial charge in [0.25, 0.3) is 0 Å². The monoisotopic (exact) mass is 415 g/mol. The van der Waals surface area contributed by atoms with E-state index in [9.17, 15) is 0 Å². The van der Waals surface area contributed by atoms with Crippen molar-refractivity contribution in [2.24, 2.45) is 0 Å². The number of ether oxygens (including phenoxy) is 3. The second-order valence-corrected chi connectivity index (χ2v) is 8.57. The van der Waals surface area contributed by atoms with E-state index in [1.165, 1.54) is 14.7 Å². The predicted molar refractivity (Wildman–Crippen MR) is 121 cm³/mol. The van der Waals surface area contributed by atoms with Gasteiger partial charge in [0, 0.05) is 0 Å². The smallest absolute Gasteiger partial charge is 0.166 e. The number of hydrogen-bond acceptors (Lipinski definition) is 3. The molecular weight excluding hydrogens is 392 g/mol. The zero-order valence-corrected chi connectivity index (χ0v) is 17.8. The topological polar surface area (TPSA) is 27.7 Å². The van der Waals surface area contributed by atoms with Crippen LogP contribution in [0.3, 0.4) is 0 Å². The molecule has 150 valence electrons. The average Bonchev–Trinajstić information content (AvgIpc) is 2.82. The standard InChI is InChI=1S/C26H23O3S/c1-27-20-8-14-24(15-9-20)30(25-16-10-21(28-2)11-17-25)26-18-12-23(13-19-26)29-22-6-4-3-5-7-22/h3-19H,1-2H3/q+1. The maximum atomic E-state index is 5.96. The lowest BCUT2D eigenvalue weighted by Crippen LogP contribution is -2.05. The lowest BCUT2D eigenvalue weighted by Gasteiger charge is -2.10. The fourth-order valence-electron chi connectivity index (χ4n) is 3.10. The molecule has 0 atom stereocenters. The molecule has 4 aromatic carbocycles. The Morgan fingerprint density at radius 2 is 0.800 bits per heavy atom. The normalized spacial score (nSPS) is 10.6. The minimum Gasteiger partial charge on any atom is -0.497 e. The summed E-state index contributed by atoms with van der Waals surface area (Å²) in [5.74, 6) is 3.35. The molecule has 0 aliphatic carbocycles. The molecule has 0 spiro atoms. The third-order valence-corrected chi connectivity index (χ3v) is 6.86. The highest BCUT2D eigenvalue weighted by Gasteiger charge is 2.29. The Kier molecular flexibility index (Phi) is 6.26. The number of hydrogen-bond donors (Lipinski definition) is 0. The number of methoxy groups -OCH3 is 2. The van der Waals surface area contributed by atoms with E-state index >= 15 is 0 Å². The third-order valence-electron chi connectivity index (χ3n) is 4.63. The number of para-hydroxylation sites is 1. The quantitative estimate of drug-likeness (QED) is 0.319. The van der Waals surface area contributed by atoms with Crippen LogP contribution in [0.1, 0.15) is 0 Å². The van der Waals surface area contributed by atoms with Gasteiger partial charge in [-0.1, -0.05) is 18.2 Å². The summed E-state index contributed by atoms with van der Waals surface area (Å²) in [6.45, 7) is 0. The van der Waals surface area contributed by atoms with E-state index in [1.807, 2.05) is 66.7 Å². The Hall–Kier alpha value is -3.37. The van der Waals surface area contributed by atoms with Crippen LogP contribution < -0.4 is 14.2 Å². The first kappa shape index (κ1) is 19.9. The maximum Gasteiger partial charge on any atom is 0.166 e. The fraction of sp³-hybridized carbons (Fsp3) is 0.0769. The molecule has 0 fully saturated rings. The molecule has 0 unspecified atom stereocenters. The number of rotatable bonds is 7. The summed E-state index contributed by atoms with van der Waals surface area (Å²) in [5, 5.41) is 0. The molecule has 0 heterocycles. The van der Waals surface area contributed by atoms with Gasteiger partial charge in [0.05, 0.1) is 25.1 Å². The molecular formula is C26H23O3S+. The van der Waals surface area contributed by atoms with E-state index in [4.69, 9.17) is 14.2 Å². The van der Waals surface area contributed by atoms with Crippen molar-refractivity contribution in [3.63, 3.8) is 0 Å². The Balaban J connectivity index is 1.67. The Morgan fingerprint density at radius 1 is 0.433 bits per heavy atom. The summed E-state index contributed by atoms with van der Waals surface area (Å²) in [5.41, 5.74) is 0. The van der Waals surface area contributed by atoms with Gasteiger partial charge in [-0.25, -0.2) is 0 Å². The van der Waals surface area contributed by atoms with E-state index in [0.29, 0.717) is 0 Å². The van der Waals surface area contributed by atoms with Crippen molar-refractivity contribution < 1.29 is 14.2 Å². The van der Waals surface area contributed by atoms with Gasteiger partial charge in [0.15, 0.2) is 14.7 Å². The summed E-state index contributed by atoms with van der Waals surface area (Å²) in [6, 6.07) is 34.7. The van der Waals surface area contributed by atoms with Crippen molar-refractivity contribution in [2.75, 3.05) is 14.2 Å². The van der Waals surface area contributed by atoms with Gasteiger partial charge in [-0.15, -0.1) is 0 Å². The van der Waals surface area contributed by atoms with Gasteiger partial charge in [-0.05, 0) is 84.9 Å². The Morgan fingerprint density at radius 3 is 1.20 bits per heavy atom. The van der Waals surface area contributed by atoms with Crippen molar-refractivity contribution in [1.82, 2.24) is 0 Å². The molecule has 30 heavy (non-hydrogen) atoms. The van der Waals surface area contributed by atoms with E-state index < -0.39 is 0 Å². The van der Waals surface area contributed by atoms with Crippen LogP contribution in [0.15, 0.2) is 118 Å². The molecule has 0 N–H and O–H groups in total. The van der Waals surface area contributed by atoms with Crippen LogP contribution in [0.2, 0.25) is 0 Å². The Labute approximate surface area is 180 Å². The highest BCUT2D eigenvalue weighted by atomic mass is 32.2. The molecule has 0 saturated heterocycles. The first-order chi connectivity index (χ1) is 14.8. The van der Waals surface area contributed by atoms with E-state index in [0.717, 1.165) is 23.0 Å². The van der Waals surface area contributed by atoms with Gasteiger partial charge < -0.3 is 14.2 Å². The molecule has 4 aromatic rings. The number of benzene rings is 4. The van der Waals surface area contributed by atoms with Crippen molar-refractivity contribution in [2.45, 2.75) is 14.7 Å². The lowest BCUT2D eigenvalue weighted by atomic mass is 10.3. The largest absolute Gasteiger partial charge is 0.497 e. The van der Waals surface area contributed by atoms with Gasteiger partial charge >= 0.3 is 0 Å². The van der Waals surface area contributed by atoms with Crippen molar-refractivity contribution in [3.05, 3.63) is 103 Å². The summed E-state index contributed by atoms with van der Waals surface area (Å²) < 4.78 is 16.6. The summed E-state index contributed by atoms with van der Waals surface area (Å²) in [4.78, 5) is 3.65. The molecule has 0 saturated carbocycles. The van der Waals surface area contributed by atoms with Crippen LogP contribution in [0, 0.1) is 0 Å². The van der Waals surface area contributed by atoms with Crippen molar-refractivity contribution in [1.29, 1.82) is 0 Å². The molecule has 0 radical (unpaired) electrons.